The molecule has 0 atom stereocenters. The third-order valence-corrected chi connectivity index (χ3v) is 0.860. The molecule has 1 aliphatic heterocycles. The van der Waals surface area contributed by atoms with E-state index in [9.17, 15) is 0 Å². The van der Waals surface area contributed by atoms with Crippen molar-refractivity contribution in [1.29, 1.82) is 10.9 Å². The Labute approximate surface area is 63.5 Å². The second-order valence-corrected chi connectivity index (χ2v) is 1.46. The van der Waals surface area contributed by atoms with Crippen LogP contribution in [-0.4, -0.2) is 10.5 Å². The summed E-state index contributed by atoms with van der Waals surface area (Å²) in [5.41, 5.74) is 6.95. The Balaban J connectivity index is 0.000000640. The fraction of sp³-hybridized carbons (Fsp3) is 0. The zero-order chi connectivity index (χ0) is 5.98. The van der Waals surface area contributed by atoms with Crippen LogP contribution >= 0.6 is 0 Å². The summed E-state index contributed by atoms with van der Waals surface area (Å²) in [4.78, 5) is 0. The molecule has 46 valence electrons. The van der Waals surface area contributed by atoms with Gasteiger partial charge < -0.3 is 0 Å². The first-order valence-electron chi connectivity index (χ1n) is 2.24. The zero-order valence-corrected chi connectivity index (χ0v) is 5.71. The molecule has 0 spiro atoms. The summed E-state index contributed by atoms with van der Waals surface area (Å²) in [5, 5.41) is 7.00. The smallest absolute Gasteiger partial charge is 0.132 e. The second kappa shape index (κ2) is 3.33. The summed E-state index contributed by atoms with van der Waals surface area (Å²) in [6.07, 6.45) is 6.52. The number of hydrogen-bond donors (Lipinski definition) is 2. The second-order valence-electron chi connectivity index (χ2n) is 1.46. The van der Waals surface area contributed by atoms with Crippen LogP contribution in [0, 0.1) is 10.9 Å². The first kappa shape index (κ1) is 8.27. The fourth-order valence-electron chi connectivity index (χ4n) is 0.443. The third-order valence-electron chi connectivity index (χ3n) is 0.860. The first-order chi connectivity index (χ1) is 3.80. The minimum atomic E-state index is 0. The van der Waals surface area contributed by atoms with Crippen molar-refractivity contribution in [1.82, 2.24) is 0 Å². The SMILES string of the molecule is N=C1C=CC=C[N+]1=N.[Fe+2]. The number of hydrogen-bond acceptors (Lipinski definition) is 2. The Morgan fingerprint density at radius 1 is 1.33 bits per heavy atom. The van der Waals surface area contributed by atoms with E-state index in [0.29, 0.717) is 0 Å². The molecule has 0 saturated heterocycles. The van der Waals surface area contributed by atoms with Gasteiger partial charge in [0.25, 0.3) is 0 Å². The Hall–Kier alpha value is -0.731. The molecule has 9 heavy (non-hydrogen) atoms. The van der Waals surface area contributed by atoms with Crippen molar-refractivity contribution in [2.75, 3.05) is 0 Å². The normalized spacial score (nSPS) is 15.6. The number of rotatable bonds is 0. The van der Waals surface area contributed by atoms with Crippen molar-refractivity contribution in [3.05, 3.63) is 24.4 Å². The molecule has 1 aliphatic rings. The molecule has 0 unspecified atom stereocenters. The van der Waals surface area contributed by atoms with Gasteiger partial charge in [-0.3, -0.25) is 0 Å². The van der Waals surface area contributed by atoms with Gasteiger partial charge in [-0.1, -0.05) is 11.5 Å². The van der Waals surface area contributed by atoms with E-state index in [1.165, 1.54) is 6.20 Å². The molecule has 0 aromatic rings. The van der Waals surface area contributed by atoms with Crippen LogP contribution in [0.25, 0.3) is 0 Å². The van der Waals surface area contributed by atoms with Gasteiger partial charge in [-0.25, -0.2) is 0 Å². The van der Waals surface area contributed by atoms with Gasteiger partial charge >= 0.3 is 22.9 Å². The monoisotopic (exact) mass is 164 g/mol. The minimum Gasteiger partial charge on any atom is -0.132 e. The molecule has 0 bridgehead atoms. The zero-order valence-electron chi connectivity index (χ0n) is 4.61. The molecule has 0 amide bonds. The van der Waals surface area contributed by atoms with Crippen molar-refractivity contribution in [2.45, 2.75) is 0 Å². The average Bonchev–Trinajstić information content (AvgIpc) is 1.77. The van der Waals surface area contributed by atoms with E-state index in [1.807, 2.05) is 0 Å². The molecule has 1 heterocycles. The molecule has 0 fully saturated rings. The van der Waals surface area contributed by atoms with Gasteiger partial charge in [0.05, 0.1) is 0 Å². The Kier molecular flexibility index (Phi) is 3.06. The summed E-state index contributed by atoms with van der Waals surface area (Å²) >= 11 is 0. The maximum atomic E-state index is 7.00. The molecule has 0 aliphatic carbocycles. The average molecular weight is 164 g/mol. The summed E-state index contributed by atoms with van der Waals surface area (Å²) in [7, 11) is 0. The molecular formula is C5H6FeN3+3. The van der Waals surface area contributed by atoms with E-state index >= 15 is 0 Å². The number of nitrogens with one attached hydrogen (secondary N) is 2. The quantitative estimate of drug-likeness (QED) is 0.397. The number of allylic oxidation sites excluding steroid dienone is 2. The molecule has 3 nitrogen and oxygen atoms in total. The molecule has 0 aromatic heterocycles. The van der Waals surface area contributed by atoms with Crippen LogP contribution in [0.5, 0.6) is 0 Å². The molecular weight excluding hydrogens is 158 g/mol. The molecule has 0 aromatic carbocycles. The van der Waals surface area contributed by atoms with Gasteiger partial charge in [0, 0.05) is 6.08 Å². The summed E-state index contributed by atoms with van der Waals surface area (Å²) in [6.45, 7) is 0. The fourth-order valence-corrected chi connectivity index (χ4v) is 0.443. The van der Waals surface area contributed by atoms with Crippen LogP contribution in [0.15, 0.2) is 24.4 Å². The van der Waals surface area contributed by atoms with E-state index in [1.54, 1.807) is 18.2 Å². The van der Waals surface area contributed by atoms with E-state index in [0.717, 1.165) is 4.70 Å². The van der Waals surface area contributed by atoms with Crippen LogP contribution in [0.1, 0.15) is 0 Å². The third kappa shape index (κ3) is 1.91. The van der Waals surface area contributed by atoms with E-state index < -0.39 is 0 Å². The summed E-state index contributed by atoms with van der Waals surface area (Å²) in [5.74, 6) is 0.201. The van der Waals surface area contributed by atoms with Crippen LogP contribution in [-0.2, 0) is 17.1 Å². The molecule has 2 N–H and O–H groups in total. The molecule has 1 rings (SSSR count). The van der Waals surface area contributed by atoms with Crippen LogP contribution in [0.2, 0.25) is 0 Å². The van der Waals surface area contributed by atoms with Gasteiger partial charge in [0.1, 0.15) is 6.20 Å². The molecule has 0 radical (unpaired) electrons. The molecule has 4 heteroatoms. The van der Waals surface area contributed by atoms with Crippen molar-refractivity contribution in [2.24, 2.45) is 0 Å². The van der Waals surface area contributed by atoms with Gasteiger partial charge in [0.2, 0.25) is 0 Å². The topological polar surface area (TPSA) is 50.7 Å². The van der Waals surface area contributed by atoms with Crippen molar-refractivity contribution in [3.8, 4) is 0 Å². The molecule has 0 saturated carbocycles. The summed E-state index contributed by atoms with van der Waals surface area (Å²) < 4.78 is 1.00. The van der Waals surface area contributed by atoms with E-state index in [4.69, 9.17) is 10.9 Å². The standard InChI is InChI=1S/C5H6N3.Fe/c6-5-3-1-2-4-8(5)7;/h1-4,6-7H;/q+1;+2. The Morgan fingerprint density at radius 2 is 2.00 bits per heavy atom. The van der Waals surface area contributed by atoms with Crippen LogP contribution in [0.4, 0.5) is 0 Å². The maximum Gasteiger partial charge on any atom is 2.00 e. The summed E-state index contributed by atoms with van der Waals surface area (Å²) in [6, 6.07) is 0. The largest absolute Gasteiger partial charge is 2.00 e. The Morgan fingerprint density at radius 3 is 2.33 bits per heavy atom. The van der Waals surface area contributed by atoms with Crippen molar-refractivity contribution < 1.29 is 21.8 Å². The maximum absolute atomic E-state index is 7.00. The van der Waals surface area contributed by atoms with E-state index in [-0.39, 0.29) is 22.9 Å². The van der Waals surface area contributed by atoms with Crippen molar-refractivity contribution in [3.63, 3.8) is 0 Å². The predicted molar refractivity (Wildman–Crippen MR) is 29.0 cm³/mol. The van der Waals surface area contributed by atoms with E-state index in [2.05, 4.69) is 0 Å². The number of nitrogens with zero attached hydrogens (tertiary/aromatic N) is 1. The predicted octanol–water partition coefficient (Wildman–Crippen LogP) is 1.09. The van der Waals surface area contributed by atoms with Gasteiger partial charge in [-0.05, 0) is 6.08 Å². The van der Waals surface area contributed by atoms with Gasteiger partial charge in [-0.15, -0.1) is 10.2 Å². The number of amidine groups is 1. The van der Waals surface area contributed by atoms with Crippen molar-refractivity contribution >= 4 is 5.84 Å². The van der Waals surface area contributed by atoms with Crippen LogP contribution in [0.3, 0.4) is 0 Å². The van der Waals surface area contributed by atoms with Crippen LogP contribution < -0.4 is 0 Å². The minimum absolute atomic E-state index is 0. The Bertz CT molecular complexity index is 170. The van der Waals surface area contributed by atoms with Gasteiger partial charge in [0.15, 0.2) is 0 Å². The van der Waals surface area contributed by atoms with Gasteiger partial charge in [-0.2, -0.15) is 0 Å². The first-order valence-corrected chi connectivity index (χ1v) is 2.24.